The summed E-state index contributed by atoms with van der Waals surface area (Å²) in [7, 11) is 0. The number of esters is 1. The van der Waals surface area contributed by atoms with E-state index in [4.69, 9.17) is 9.47 Å². The summed E-state index contributed by atoms with van der Waals surface area (Å²) in [5, 5.41) is 6.15. The molecule has 216 valence electrons. The Balaban J connectivity index is 1.15. The average molecular weight is 568 g/mol. The van der Waals surface area contributed by atoms with Crippen LogP contribution in [-0.4, -0.2) is 54.0 Å². The Morgan fingerprint density at radius 3 is 2.55 bits per heavy atom. The van der Waals surface area contributed by atoms with Crippen LogP contribution in [0.4, 0.5) is 10.5 Å². The monoisotopic (exact) mass is 567 g/mol. The van der Waals surface area contributed by atoms with E-state index in [-0.39, 0.29) is 29.8 Å². The van der Waals surface area contributed by atoms with Crippen LogP contribution in [0, 0.1) is 5.92 Å². The highest BCUT2D eigenvalue weighted by atomic mass is 32.2. The number of hydrogen-bond donors (Lipinski definition) is 2. The van der Waals surface area contributed by atoms with Gasteiger partial charge < -0.3 is 19.7 Å². The SMILES string of the molecule is CCOC(=O)[C@H](CCCCCC1CCN(C(=O)OCc2ccccc2)CC1)NC1CC(=O)Nc2ccccc2S1. The van der Waals surface area contributed by atoms with Crippen molar-refractivity contribution in [1.29, 1.82) is 0 Å². The molecule has 40 heavy (non-hydrogen) atoms. The van der Waals surface area contributed by atoms with Gasteiger partial charge >= 0.3 is 12.1 Å². The van der Waals surface area contributed by atoms with Crippen molar-refractivity contribution in [3.05, 3.63) is 60.2 Å². The first-order valence-corrected chi connectivity index (χ1v) is 15.3. The van der Waals surface area contributed by atoms with Gasteiger partial charge in [-0.3, -0.25) is 14.9 Å². The minimum atomic E-state index is -0.444. The number of piperidine rings is 1. The number of para-hydroxylation sites is 1. The number of ether oxygens (including phenoxy) is 2. The molecule has 0 spiro atoms. The molecule has 2 aliphatic heterocycles. The zero-order chi connectivity index (χ0) is 28.2. The van der Waals surface area contributed by atoms with Gasteiger partial charge in [-0.05, 0) is 49.8 Å². The molecule has 2 aromatic carbocycles. The van der Waals surface area contributed by atoms with Gasteiger partial charge in [0.1, 0.15) is 12.6 Å². The number of benzene rings is 2. The summed E-state index contributed by atoms with van der Waals surface area (Å²) in [5.41, 5.74) is 1.80. The van der Waals surface area contributed by atoms with Gasteiger partial charge in [0.05, 0.1) is 24.1 Å². The van der Waals surface area contributed by atoms with Crippen molar-refractivity contribution in [2.24, 2.45) is 5.92 Å². The van der Waals surface area contributed by atoms with Gasteiger partial charge in [-0.1, -0.05) is 68.1 Å². The first-order valence-electron chi connectivity index (χ1n) is 14.5. The number of anilines is 1. The van der Waals surface area contributed by atoms with Crippen LogP contribution in [0.2, 0.25) is 0 Å². The second-order valence-corrected chi connectivity index (χ2v) is 11.7. The number of amides is 2. The Bertz CT molecular complexity index is 1110. The molecule has 4 rings (SSSR count). The van der Waals surface area contributed by atoms with Crippen molar-refractivity contribution in [2.45, 2.75) is 81.2 Å². The van der Waals surface area contributed by atoms with Crippen LogP contribution in [0.3, 0.4) is 0 Å². The number of nitrogens with one attached hydrogen (secondary N) is 2. The number of hydrogen-bond acceptors (Lipinski definition) is 7. The summed E-state index contributed by atoms with van der Waals surface area (Å²) < 4.78 is 10.8. The number of unbranched alkanes of at least 4 members (excludes halogenated alkanes) is 2. The lowest BCUT2D eigenvalue weighted by Gasteiger charge is -2.31. The minimum absolute atomic E-state index is 0.0620. The number of carbonyl (C=O) groups is 3. The van der Waals surface area contributed by atoms with E-state index in [1.807, 2.05) is 66.4 Å². The molecule has 2 aromatic rings. The Morgan fingerprint density at radius 2 is 1.77 bits per heavy atom. The Kier molecular flexibility index (Phi) is 11.7. The fourth-order valence-electron chi connectivity index (χ4n) is 5.24. The molecule has 0 aliphatic carbocycles. The van der Waals surface area contributed by atoms with Crippen LogP contribution >= 0.6 is 11.8 Å². The van der Waals surface area contributed by atoms with Gasteiger partial charge in [-0.2, -0.15) is 0 Å². The molecule has 2 heterocycles. The highest BCUT2D eigenvalue weighted by molar-refractivity contribution is 8.00. The third-order valence-electron chi connectivity index (χ3n) is 7.44. The number of likely N-dealkylation sites (tertiary alicyclic amines) is 1. The Morgan fingerprint density at radius 1 is 1.02 bits per heavy atom. The summed E-state index contributed by atoms with van der Waals surface area (Å²) in [6.07, 6.45) is 6.86. The van der Waals surface area contributed by atoms with E-state index in [1.54, 1.807) is 11.8 Å². The second kappa shape index (κ2) is 15.7. The maximum Gasteiger partial charge on any atom is 0.410 e. The van der Waals surface area contributed by atoms with Gasteiger partial charge in [0.2, 0.25) is 5.91 Å². The molecule has 0 bridgehead atoms. The zero-order valence-corrected chi connectivity index (χ0v) is 24.1. The number of rotatable bonds is 12. The quantitative estimate of drug-likeness (QED) is 0.241. The van der Waals surface area contributed by atoms with E-state index < -0.39 is 6.04 Å². The lowest BCUT2D eigenvalue weighted by molar-refractivity contribution is -0.146. The van der Waals surface area contributed by atoms with Crippen molar-refractivity contribution in [3.63, 3.8) is 0 Å². The Labute approximate surface area is 241 Å². The van der Waals surface area contributed by atoms with E-state index in [1.165, 1.54) is 0 Å². The molecule has 1 unspecified atom stereocenters. The van der Waals surface area contributed by atoms with Gasteiger partial charge in [0.25, 0.3) is 0 Å². The highest BCUT2D eigenvalue weighted by Gasteiger charge is 2.28. The van der Waals surface area contributed by atoms with Gasteiger partial charge in [0, 0.05) is 18.0 Å². The number of fused-ring (bicyclic) bond motifs is 1. The van der Waals surface area contributed by atoms with Gasteiger partial charge in [-0.25, -0.2) is 4.79 Å². The molecular formula is C31H41N3O5S. The van der Waals surface area contributed by atoms with Crippen molar-refractivity contribution in [2.75, 3.05) is 25.0 Å². The average Bonchev–Trinajstić information content (AvgIpc) is 3.13. The Hall–Kier alpha value is -3.04. The molecule has 8 nitrogen and oxygen atoms in total. The largest absolute Gasteiger partial charge is 0.465 e. The van der Waals surface area contributed by atoms with E-state index in [0.717, 1.165) is 67.8 Å². The van der Waals surface area contributed by atoms with Crippen LogP contribution in [0.25, 0.3) is 0 Å². The fourth-order valence-corrected chi connectivity index (χ4v) is 6.42. The molecule has 0 aromatic heterocycles. The third-order valence-corrected chi connectivity index (χ3v) is 8.64. The highest BCUT2D eigenvalue weighted by Crippen LogP contribution is 2.34. The van der Waals surface area contributed by atoms with Gasteiger partial charge in [-0.15, -0.1) is 11.8 Å². The topological polar surface area (TPSA) is 97.0 Å². The van der Waals surface area contributed by atoms with Crippen molar-refractivity contribution >= 4 is 35.4 Å². The smallest absolute Gasteiger partial charge is 0.410 e. The summed E-state index contributed by atoms with van der Waals surface area (Å²) in [6, 6.07) is 17.0. The minimum Gasteiger partial charge on any atom is -0.465 e. The summed E-state index contributed by atoms with van der Waals surface area (Å²) in [4.78, 5) is 40.4. The lowest BCUT2D eigenvalue weighted by atomic mass is 9.91. The van der Waals surface area contributed by atoms with Crippen molar-refractivity contribution in [1.82, 2.24) is 10.2 Å². The molecule has 1 fully saturated rings. The summed E-state index contributed by atoms with van der Waals surface area (Å²) in [5.74, 6) is 0.291. The predicted molar refractivity (Wildman–Crippen MR) is 157 cm³/mol. The molecule has 2 aliphatic rings. The van der Waals surface area contributed by atoms with E-state index >= 15 is 0 Å². The summed E-state index contributed by atoms with van der Waals surface area (Å²) in [6.45, 7) is 3.93. The molecule has 2 amide bonds. The third kappa shape index (κ3) is 9.27. The first kappa shape index (κ1) is 29.9. The van der Waals surface area contributed by atoms with Crippen LogP contribution in [0.1, 0.15) is 63.9 Å². The molecule has 0 radical (unpaired) electrons. The van der Waals surface area contributed by atoms with Crippen LogP contribution in [0.5, 0.6) is 0 Å². The zero-order valence-electron chi connectivity index (χ0n) is 23.3. The molecule has 9 heteroatoms. The van der Waals surface area contributed by atoms with Crippen molar-refractivity contribution < 1.29 is 23.9 Å². The number of thioether (sulfide) groups is 1. The first-order chi connectivity index (χ1) is 19.5. The molecule has 0 saturated carbocycles. The second-order valence-electron chi connectivity index (χ2n) is 10.4. The number of nitrogens with zero attached hydrogens (tertiary/aromatic N) is 1. The fraction of sp³-hybridized carbons (Fsp3) is 0.516. The summed E-state index contributed by atoms with van der Waals surface area (Å²) >= 11 is 1.57. The van der Waals surface area contributed by atoms with E-state index in [2.05, 4.69) is 10.6 Å². The van der Waals surface area contributed by atoms with Gasteiger partial charge in [0.15, 0.2) is 0 Å². The van der Waals surface area contributed by atoms with Crippen LogP contribution in [-0.2, 0) is 25.7 Å². The maximum atomic E-state index is 12.7. The van der Waals surface area contributed by atoms with E-state index in [0.29, 0.717) is 25.6 Å². The molecule has 2 N–H and O–H groups in total. The standard InChI is InChI=1S/C31H41N3O5S/c1-2-38-30(36)26(33-29-21-28(35)32-25-14-9-10-16-27(25)40-29)15-8-4-5-11-23-17-19-34(20-18-23)31(37)39-22-24-12-6-3-7-13-24/h3,6-7,9-10,12-14,16,23,26,29,33H,2,4-5,8,11,15,17-22H2,1H3,(H,32,35)/t26-,29?/m0/s1. The molecule has 2 atom stereocenters. The van der Waals surface area contributed by atoms with Crippen molar-refractivity contribution in [3.8, 4) is 0 Å². The van der Waals surface area contributed by atoms with Crippen LogP contribution in [0.15, 0.2) is 59.5 Å². The maximum absolute atomic E-state index is 12.7. The molecular weight excluding hydrogens is 526 g/mol. The normalized spacial score (nSPS) is 18.3. The van der Waals surface area contributed by atoms with E-state index in [9.17, 15) is 14.4 Å². The van der Waals surface area contributed by atoms with Crippen LogP contribution < -0.4 is 10.6 Å². The number of carbonyl (C=O) groups excluding carboxylic acids is 3. The molecule has 1 saturated heterocycles. The predicted octanol–water partition coefficient (Wildman–Crippen LogP) is 5.97. The lowest BCUT2D eigenvalue weighted by Crippen LogP contribution is -2.43.